The van der Waals surface area contributed by atoms with Crippen molar-refractivity contribution in [1.29, 1.82) is 0 Å². The lowest BCUT2D eigenvalue weighted by atomic mass is 9.77. The molecule has 1 aromatic rings. The molecule has 2 N–H and O–H groups in total. The van der Waals surface area contributed by atoms with Crippen LogP contribution in [0.2, 0.25) is 0 Å². The number of carbonyl (C=O) groups excluding carboxylic acids is 1. The van der Waals surface area contributed by atoms with Gasteiger partial charge in [0.2, 0.25) is 5.91 Å². The standard InChI is InChI=1S/C15H17NO4/c17-14(12-5-6-13(20-12)15(18)19)16-8-10-7-9-3-1-2-4-11(9)10/h1-4,10,12-13H,5-8H2,(H,16,17)(H,18,19)/t10?,12-,13+/m0/s1. The molecule has 1 aliphatic carbocycles. The van der Waals surface area contributed by atoms with E-state index in [2.05, 4.69) is 17.4 Å². The first-order valence-corrected chi connectivity index (χ1v) is 6.89. The van der Waals surface area contributed by atoms with E-state index in [-0.39, 0.29) is 5.91 Å². The zero-order valence-electron chi connectivity index (χ0n) is 11.0. The van der Waals surface area contributed by atoms with Gasteiger partial charge in [-0.3, -0.25) is 4.79 Å². The SMILES string of the molecule is O=C(NCC1Cc2ccccc21)[C@@H]1CC[C@H](C(=O)O)O1. The molecule has 0 saturated carbocycles. The highest BCUT2D eigenvalue weighted by atomic mass is 16.5. The number of fused-ring (bicyclic) bond motifs is 1. The second-order valence-electron chi connectivity index (χ2n) is 5.37. The van der Waals surface area contributed by atoms with Crippen LogP contribution in [0.15, 0.2) is 24.3 Å². The summed E-state index contributed by atoms with van der Waals surface area (Å²) in [7, 11) is 0. The van der Waals surface area contributed by atoms with Crippen LogP contribution in [0.5, 0.6) is 0 Å². The Kier molecular flexibility index (Phi) is 3.44. The number of carboxylic acid groups (broad SMARTS) is 1. The predicted molar refractivity (Wildman–Crippen MR) is 71.4 cm³/mol. The number of nitrogens with one attached hydrogen (secondary N) is 1. The first-order valence-electron chi connectivity index (χ1n) is 6.89. The molecule has 0 spiro atoms. The highest BCUT2D eigenvalue weighted by molar-refractivity contribution is 5.82. The zero-order valence-corrected chi connectivity index (χ0v) is 11.0. The summed E-state index contributed by atoms with van der Waals surface area (Å²) >= 11 is 0. The lowest BCUT2D eigenvalue weighted by Crippen LogP contribution is -2.39. The molecule has 1 unspecified atom stereocenters. The molecule has 2 aliphatic rings. The fourth-order valence-corrected chi connectivity index (χ4v) is 2.89. The van der Waals surface area contributed by atoms with E-state index in [4.69, 9.17) is 9.84 Å². The number of rotatable bonds is 4. The lowest BCUT2D eigenvalue weighted by Gasteiger charge is -2.30. The number of hydrogen-bond donors (Lipinski definition) is 2. The minimum Gasteiger partial charge on any atom is -0.479 e. The number of amides is 1. The Bertz CT molecular complexity index is 542. The van der Waals surface area contributed by atoms with Gasteiger partial charge in [-0.05, 0) is 30.4 Å². The van der Waals surface area contributed by atoms with Gasteiger partial charge in [-0.25, -0.2) is 4.79 Å². The topological polar surface area (TPSA) is 75.6 Å². The minimum absolute atomic E-state index is 0.196. The van der Waals surface area contributed by atoms with Gasteiger partial charge < -0.3 is 15.2 Å². The summed E-state index contributed by atoms with van der Waals surface area (Å²) in [5.74, 6) is -0.821. The van der Waals surface area contributed by atoms with E-state index in [1.165, 1.54) is 11.1 Å². The van der Waals surface area contributed by atoms with Gasteiger partial charge in [-0.1, -0.05) is 24.3 Å². The normalized spacial score (nSPS) is 27.5. The quantitative estimate of drug-likeness (QED) is 0.862. The van der Waals surface area contributed by atoms with E-state index < -0.39 is 18.2 Å². The number of ether oxygens (including phenoxy) is 1. The number of hydrogen-bond acceptors (Lipinski definition) is 3. The molecule has 0 bridgehead atoms. The molecule has 1 aromatic carbocycles. The third-order valence-corrected chi connectivity index (χ3v) is 4.07. The third kappa shape index (κ3) is 2.41. The molecule has 1 saturated heterocycles. The second kappa shape index (κ2) is 5.25. The Balaban J connectivity index is 1.48. The van der Waals surface area contributed by atoms with E-state index in [0.29, 0.717) is 25.3 Å². The first kappa shape index (κ1) is 13.1. The molecule has 3 atom stereocenters. The summed E-state index contributed by atoms with van der Waals surface area (Å²) < 4.78 is 5.23. The van der Waals surface area contributed by atoms with Crippen molar-refractivity contribution in [3.63, 3.8) is 0 Å². The molecule has 106 valence electrons. The maximum atomic E-state index is 11.9. The predicted octanol–water partition coefficient (Wildman–Crippen LogP) is 1.07. The van der Waals surface area contributed by atoms with E-state index in [1.807, 2.05) is 12.1 Å². The summed E-state index contributed by atoms with van der Waals surface area (Å²) in [6.07, 6.45) is 0.408. The van der Waals surface area contributed by atoms with Gasteiger partial charge in [0, 0.05) is 12.5 Å². The van der Waals surface area contributed by atoms with Crippen molar-refractivity contribution in [3.8, 4) is 0 Å². The fraction of sp³-hybridized carbons (Fsp3) is 0.467. The van der Waals surface area contributed by atoms with Crippen LogP contribution in [0.25, 0.3) is 0 Å². The van der Waals surface area contributed by atoms with Crippen LogP contribution in [0.3, 0.4) is 0 Å². The number of carbonyl (C=O) groups is 2. The van der Waals surface area contributed by atoms with Crippen LogP contribution in [-0.2, 0) is 20.7 Å². The number of carboxylic acids is 1. The van der Waals surface area contributed by atoms with Crippen LogP contribution in [0, 0.1) is 0 Å². The number of aliphatic carboxylic acids is 1. The lowest BCUT2D eigenvalue weighted by molar-refractivity contribution is -0.151. The van der Waals surface area contributed by atoms with Crippen LogP contribution >= 0.6 is 0 Å². The Labute approximate surface area is 116 Å². The van der Waals surface area contributed by atoms with E-state index in [9.17, 15) is 9.59 Å². The van der Waals surface area contributed by atoms with Crippen molar-refractivity contribution < 1.29 is 19.4 Å². The second-order valence-corrected chi connectivity index (χ2v) is 5.37. The fourth-order valence-electron chi connectivity index (χ4n) is 2.89. The summed E-state index contributed by atoms with van der Waals surface area (Å²) in [4.78, 5) is 22.7. The molecule has 1 amide bonds. The van der Waals surface area contributed by atoms with Crippen molar-refractivity contribution in [2.24, 2.45) is 0 Å². The van der Waals surface area contributed by atoms with Gasteiger partial charge in [0.25, 0.3) is 0 Å². The molecule has 0 radical (unpaired) electrons. The molecule has 5 nitrogen and oxygen atoms in total. The summed E-state index contributed by atoms with van der Waals surface area (Å²) in [6, 6.07) is 8.21. The molecule has 0 aromatic heterocycles. The van der Waals surface area contributed by atoms with Crippen LogP contribution in [-0.4, -0.2) is 35.7 Å². The summed E-state index contributed by atoms with van der Waals surface area (Å²) in [5.41, 5.74) is 2.64. The highest BCUT2D eigenvalue weighted by Gasteiger charge is 2.35. The Morgan fingerprint density at radius 3 is 2.70 bits per heavy atom. The third-order valence-electron chi connectivity index (χ3n) is 4.07. The van der Waals surface area contributed by atoms with Crippen LogP contribution in [0.1, 0.15) is 29.9 Å². The molecule has 1 heterocycles. The Morgan fingerprint density at radius 1 is 1.25 bits per heavy atom. The maximum absolute atomic E-state index is 11.9. The number of benzene rings is 1. The molecular weight excluding hydrogens is 258 g/mol. The smallest absolute Gasteiger partial charge is 0.332 e. The van der Waals surface area contributed by atoms with E-state index in [1.54, 1.807) is 0 Å². The monoisotopic (exact) mass is 275 g/mol. The Morgan fingerprint density at radius 2 is 2.00 bits per heavy atom. The van der Waals surface area contributed by atoms with Crippen molar-refractivity contribution in [2.75, 3.05) is 6.54 Å². The molecule has 20 heavy (non-hydrogen) atoms. The molecule has 1 aliphatic heterocycles. The molecular formula is C15H17NO4. The zero-order chi connectivity index (χ0) is 14.1. The minimum atomic E-state index is -0.992. The van der Waals surface area contributed by atoms with Gasteiger partial charge in [-0.2, -0.15) is 0 Å². The molecule has 3 rings (SSSR count). The first-order chi connectivity index (χ1) is 9.65. The molecule has 1 fully saturated rings. The van der Waals surface area contributed by atoms with Crippen molar-refractivity contribution in [2.45, 2.75) is 37.4 Å². The van der Waals surface area contributed by atoms with Gasteiger partial charge in [0.05, 0.1) is 0 Å². The van der Waals surface area contributed by atoms with Crippen molar-refractivity contribution >= 4 is 11.9 Å². The van der Waals surface area contributed by atoms with Crippen LogP contribution in [0.4, 0.5) is 0 Å². The average molecular weight is 275 g/mol. The summed E-state index contributed by atoms with van der Waals surface area (Å²) in [5, 5.41) is 11.7. The van der Waals surface area contributed by atoms with E-state index >= 15 is 0 Å². The van der Waals surface area contributed by atoms with Crippen molar-refractivity contribution in [3.05, 3.63) is 35.4 Å². The van der Waals surface area contributed by atoms with Gasteiger partial charge in [-0.15, -0.1) is 0 Å². The maximum Gasteiger partial charge on any atom is 0.332 e. The Hall–Kier alpha value is -1.88. The van der Waals surface area contributed by atoms with Gasteiger partial charge >= 0.3 is 5.97 Å². The van der Waals surface area contributed by atoms with Gasteiger partial charge in [0.15, 0.2) is 6.10 Å². The average Bonchev–Trinajstić information content (AvgIpc) is 2.89. The van der Waals surface area contributed by atoms with Crippen molar-refractivity contribution in [1.82, 2.24) is 5.32 Å². The summed E-state index contributed by atoms with van der Waals surface area (Å²) in [6.45, 7) is 0.591. The van der Waals surface area contributed by atoms with E-state index in [0.717, 1.165) is 6.42 Å². The van der Waals surface area contributed by atoms with Gasteiger partial charge in [0.1, 0.15) is 6.10 Å². The molecule has 5 heteroatoms. The van der Waals surface area contributed by atoms with Crippen LogP contribution < -0.4 is 5.32 Å². The highest BCUT2D eigenvalue weighted by Crippen LogP contribution is 2.34. The largest absolute Gasteiger partial charge is 0.479 e.